The zero-order chi connectivity index (χ0) is 23.0. The normalized spacial score (nSPS) is 27.7. The largest absolute Gasteiger partial charge is 0.286 e. The highest BCUT2D eigenvalue weighted by Gasteiger charge is 2.41. The van der Waals surface area contributed by atoms with Crippen molar-refractivity contribution in [2.75, 3.05) is 0 Å². The summed E-state index contributed by atoms with van der Waals surface area (Å²) in [6, 6.07) is 7.71. The van der Waals surface area contributed by atoms with Crippen LogP contribution in [0, 0.1) is 11.8 Å². The number of rotatable bonds is 11. The van der Waals surface area contributed by atoms with Crippen LogP contribution in [0.15, 0.2) is 48.6 Å². The molecule has 0 N–H and O–H groups in total. The van der Waals surface area contributed by atoms with E-state index in [-0.39, 0.29) is 5.12 Å². The molecule has 0 spiro atoms. The quantitative estimate of drug-likeness (QED) is 0.199. The first-order chi connectivity index (χ1) is 15.5. The summed E-state index contributed by atoms with van der Waals surface area (Å²) in [6.45, 7) is 2.25. The molecule has 0 aliphatic heterocycles. The van der Waals surface area contributed by atoms with Crippen molar-refractivity contribution in [1.29, 1.82) is 0 Å². The van der Waals surface area contributed by atoms with Crippen LogP contribution in [0.2, 0.25) is 0 Å². The lowest BCUT2D eigenvalue weighted by Gasteiger charge is -2.36. The van der Waals surface area contributed by atoms with Gasteiger partial charge in [-0.05, 0) is 48.6 Å². The molecule has 176 valence electrons. The molecule has 3 rings (SSSR count). The zero-order valence-electron chi connectivity index (χ0n) is 19.3. The molecule has 1 aromatic carbocycles. The summed E-state index contributed by atoms with van der Waals surface area (Å²) in [4.78, 5) is 11.6. The van der Waals surface area contributed by atoms with Crippen LogP contribution < -0.4 is 0 Å². The lowest BCUT2D eigenvalue weighted by atomic mass is 9.69. The van der Waals surface area contributed by atoms with Crippen molar-refractivity contribution in [2.45, 2.75) is 95.3 Å². The third-order valence-corrected chi connectivity index (χ3v) is 7.78. The van der Waals surface area contributed by atoms with Gasteiger partial charge in [-0.3, -0.25) is 4.79 Å². The highest BCUT2D eigenvalue weighted by Crippen LogP contribution is 2.45. The smallest absolute Gasteiger partial charge is 0.255 e. The molecule has 2 aliphatic rings. The number of thiol groups is 1. The number of allylic oxidation sites excluding steroid dienone is 4. The Balaban J connectivity index is 1.65. The minimum Gasteiger partial charge on any atom is -0.286 e. The van der Waals surface area contributed by atoms with E-state index >= 15 is 0 Å². The predicted octanol–water partition coefficient (Wildman–Crippen LogP) is 8.41. The Morgan fingerprint density at radius 1 is 1.00 bits per heavy atom. The fourth-order valence-electron chi connectivity index (χ4n) is 5.48. The predicted molar refractivity (Wildman–Crippen MR) is 133 cm³/mol. The summed E-state index contributed by atoms with van der Waals surface area (Å²) in [5.74, 6) is 0.578. The van der Waals surface area contributed by atoms with Gasteiger partial charge in [-0.15, -0.1) is 12.6 Å². The molecule has 4 heteroatoms. The van der Waals surface area contributed by atoms with Crippen LogP contribution in [0.25, 0.3) is 0 Å². The van der Waals surface area contributed by atoms with E-state index in [1.807, 2.05) is 24.3 Å². The Kier molecular flexibility index (Phi) is 9.58. The fraction of sp³-hybridized carbons (Fsp3) is 0.607. The van der Waals surface area contributed by atoms with Crippen molar-refractivity contribution in [2.24, 2.45) is 11.8 Å². The summed E-state index contributed by atoms with van der Waals surface area (Å²) in [5.41, 5.74) is 0.272. The van der Waals surface area contributed by atoms with Gasteiger partial charge in [0.15, 0.2) is 5.12 Å². The minimum atomic E-state index is -2.57. The average Bonchev–Trinajstić information content (AvgIpc) is 2.81. The number of hydrogen-bond acceptors (Lipinski definition) is 1. The summed E-state index contributed by atoms with van der Waals surface area (Å²) in [5, 5.41) is -0.322. The number of halogens is 2. The Labute approximate surface area is 198 Å². The van der Waals surface area contributed by atoms with Gasteiger partial charge in [-0.25, -0.2) is 8.78 Å². The average molecular weight is 461 g/mol. The van der Waals surface area contributed by atoms with Gasteiger partial charge >= 0.3 is 0 Å². The van der Waals surface area contributed by atoms with Crippen LogP contribution in [-0.2, 0) is 10.2 Å². The number of hydrogen-bond donors (Lipinski definition) is 1. The van der Waals surface area contributed by atoms with E-state index in [0.29, 0.717) is 11.5 Å². The SMILES string of the molecule is CCCCCCCCC1CCC(c2ccccc2C2(C(F)F)C=CC(C(=O)S)C=C2)CC1. The Bertz CT molecular complexity index is 778. The van der Waals surface area contributed by atoms with Crippen molar-refractivity contribution in [3.05, 3.63) is 59.7 Å². The first kappa shape index (κ1) is 25.2. The fourth-order valence-corrected chi connectivity index (χ4v) is 5.65. The lowest BCUT2D eigenvalue weighted by molar-refractivity contribution is -0.112. The van der Waals surface area contributed by atoms with Crippen LogP contribution in [-0.4, -0.2) is 11.5 Å². The van der Waals surface area contributed by atoms with Crippen LogP contribution in [0.4, 0.5) is 8.78 Å². The first-order valence-electron chi connectivity index (χ1n) is 12.5. The zero-order valence-corrected chi connectivity index (χ0v) is 20.2. The minimum absolute atomic E-state index is 0.322. The Morgan fingerprint density at radius 2 is 1.62 bits per heavy atom. The summed E-state index contributed by atoms with van der Waals surface area (Å²) >= 11 is 3.87. The van der Waals surface area contributed by atoms with Gasteiger partial charge in [-0.1, -0.05) is 100 Å². The maximum atomic E-state index is 14.4. The molecular formula is C28H38F2OS. The van der Waals surface area contributed by atoms with E-state index in [0.717, 1.165) is 24.3 Å². The maximum Gasteiger partial charge on any atom is 0.255 e. The molecular weight excluding hydrogens is 422 g/mol. The molecule has 0 heterocycles. The molecule has 0 amide bonds. The van der Waals surface area contributed by atoms with Crippen LogP contribution >= 0.6 is 12.6 Å². The highest BCUT2D eigenvalue weighted by atomic mass is 32.1. The van der Waals surface area contributed by atoms with Gasteiger partial charge in [-0.2, -0.15) is 0 Å². The summed E-state index contributed by atoms with van der Waals surface area (Å²) in [7, 11) is 0. The molecule has 0 aromatic heterocycles. The molecule has 0 unspecified atom stereocenters. The second-order valence-electron chi connectivity index (χ2n) is 9.68. The lowest BCUT2D eigenvalue weighted by Crippen LogP contribution is -2.34. The summed E-state index contributed by atoms with van der Waals surface area (Å²) in [6.07, 6.45) is 17.5. The molecule has 1 saturated carbocycles. The van der Waals surface area contributed by atoms with E-state index in [2.05, 4.69) is 19.6 Å². The topological polar surface area (TPSA) is 17.1 Å². The molecule has 0 atom stereocenters. The molecule has 0 saturated heterocycles. The molecule has 0 radical (unpaired) electrons. The Hall–Kier alpha value is -1.42. The van der Waals surface area contributed by atoms with Crippen LogP contribution in [0.1, 0.15) is 94.6 Å². The second-order valence-corrected chi connectivity index (χ2v) is 10.1. The molecule has 2 aliphatic carbocycles. The van der Waals surface area contributed by atoms with Crippen molar-refractivity contribution >= 4 is 17.7 Å². The number of unbranched alkanes of at least 4 members (excludes halogenated alkanes) is 5. The monoisotopic (exact) mass is 460 g/mol. The Morgan fingerprint density at radius 3 is 2.25 bits per heavy atom. The van der Waals surface area contributed by atoms with Gasteiger partial charge in [0.25, 0.3) is 6.43 Å². The third kappa shape index (κ3) is 6.12. The van der Waals surface area contributed by atoms with Crippen LogP contribution in [0.5, 0.6) is 0 Å². The first-order valence-corrected chi connectivity index (χ1v) is 12.9. The van der Waals surface area contributed by atoms with Gasteiger partial charge < -0.3 is 0 Å². The van der Waals surface area contributed by atoms with Crippen molar-refractivity contribution in [3.8, 4) is 0 Å². The van der Waals surface area contributed by atoms with Crippen molar-refractivity contribution in [1.82, 2.24) is 0 Å². The number of benzene rings is 1. The van der Waals surface area contributed by atoms with Gasteiger partial charge in [0, 0.05) is 0 Å². The summed E-state index contributed by atoms with van der Waals surface area (Å²) < 4.78 is 28.9. The van der Waals surface area contributed by atoms with Gasteiger partial charge in [0.05, 0.1) is 11.3 Å². The molecule has 32 heavy (non-hydrogen) atoms. The van der Waals surface area contributed by atoms with Crippen molar-refractivity contribution in [3.63, 3.8) is 0 Å². The number of carbonyl (C=O) groups is 1. The van der Waals surface area contributed by atoms with E-state index in [1.54, 1.807) is 12.2 Å². The van der Waals surface area contributed by atoms with Gasteiger partial charge in [0.2, 0.25) is 0 Å². The molecule has 1 nitrogen and oxygen atoms in total. The van der Waals surface area contributed by atoms with Crippen LogP contribution in [0.3, 0.4) is 0 Å². The number of carbonyl (C=O) groups excluding carboxylic acids is 1. The third-order valence-electron chi connectivity index (χ3n) is 7.48. The molecule has 1 aromatic rings. The number of alkyl halides is 2. The maximum absolute atomic E-state index is 14.4. The van der Waals surface area contributed by atoms with Crippen molar-refractivity contribution < 1.29 is 13.6 Å². The van der Waals surface area contributed by atoms with E-state index in [9.17, 15) is 13.6 Å². The van der Waals surface area contributed by atoms with E-state index < -0.39 is 17.8 Å². The molecule has 0 bridgehead atoms. The highest BCUT2D eigenvalue weighted by molar-refractivity contribution is 7.96. The van der Waals surface area contributed by atoms with E-state index in [1.165, 1.54) is 69.9 Å². The standard InChI is InChI=1S/C28H38F2OS/c1-2-3-4-5-6-7-10-21-13-15-22(16-14-21)24-11-8-9-12-25(24)28(27(29)30)19-17-23(18-20-28)26(31)32/h8-9,11-12,17-23,27H,2-7,10,13-16H2,1H3,(H,31,32). The molecule has 1 fully saturated rings. The van der Waals surface area contributed by atoms with E-state index in [4.69, 9.17) is 0 Å². The second kappa shape index (κ2) is 12.2. The van der Waals surface area contributed by atoms with Gasteiger partial charge in [0.1, 0.15) is 0 Å².